The smallest absolute Gasteiger partial charge is 0.0937 e. The third kappa shape index (κ3) is 2.87. The molecule has 2 nitrogen and oxygen atoms in total. The minimum absolute atomic E-state index is 0.291. The minimum Gasteiger partial charge on any atom is -0.385 e. The Morgan fingerprint density at radius 1 is 1.39 bits per heavy atom. The zero-order chi connectivity index (χ0) is 13.2. The minimum atomic E-state index is -0.715. The lowest BCUT2D eigenvalue weighted by molar-refractivity contribution is -0.0618. The first-order valence-corrected chi connectivity index (χ1v) is 7.03. The van der Waals surface area contributed by atoms with E-state index in [1.807, 2.05) is 24.3 Å². The quantitative estimate of drug-likeness (QED) is 0.909. The van der Waals surface area contributed by atoms with Gasteiger partial charge in [-0.25, -0.2) is 0 Å². The molecule has 0 bridgehead atoms. The maximum Gasteiger partial charge on any atom is 0.0937 e. The molecule has 0 radical (unpaired) electrons. The third-order valence-corrected chi connectivity index (χ3v) is 4.18. The van der Waals surface area contributed by atoms with Crippen LogP contribution in [0.5, 0.6) is 0 Å². The highest BCUT2D eigenvalue weighted by molar-refractivity contribution is 6.30. The standard InChI is InChI=1S/C15H22ClNO/c1-17(2)11-13-6-3-4-9-15(13,18)12-7-5-8-14(16)10-12/h5,7-8,10,13,18H,3-4,6,9,11H2,1-2H3. The van der Waals surface area contributed by atoms with E-state index < -0.39 is 5.60 Å². The van der Waals surface area contributed by atoms with E-state index in [2.05, 4.69) is 19.0 Å². The second kappa shape index (κ2) is 5.60. The summed E-state index contributed by atoms with van der Waals surface area (Å²) in [7, 11) is 4.12. The summed E-state index contributed by atoms with van der Waals surface area (Å²) >= 11 is 6.06. The summed E-state index contributed by atoms with van der Waals surface area (Å²) in [5.74, 6) is 0.291. The van der Waals surface area contributed by atoms with Crippen molar-refractivity contribution in [1.82, 2.24) is 4.90 Å². The Morgan fingerprint density at radius 3 is 2.83 bits per heavy atom. The lowest BCUT2D eigenvalue weighted by atomic mass is 9.71. The monoisotopic (exact) mass is 267 g/mol. The van der Waals surface area contributed by atoms with Crippen LogP contribution >= 0.6 is 11.6 Å². The van der Waals surface area contributed by atoms with Gasteiger partial charge in [-0.2, -0.15) is 0 Å². The van der Waals surface area contributed by atoms with Crippen molar-refractivity contribution in [3.8, 4) is 0 Å². The number of rotatable bonds is 3. The van der Waals surface area contributed by atoms with E-state index in [9.17, 15) is 5.11 Å². The van der Waals surface area contributed by atoms with Crippen LogP contribution in [0.4, 0.5) is 0 Å². The molecule has 1 aromatic carbocycles. The van der Waals surface area contributed by atoms with Gasteiger partial charge in [-0.1, -0.05) is 36.6 Å². The van der Waals surface area contributed by atoms with Crippen LogP contribution in [0.3, 0.4) is 0 Å². The fraction of sp³-hybridized carbons (Fsp3) is 0.600. The van der Waals surface area contributed by atoms with Crippen LogP contribution in [0.1, 0.15) is 31.2 Å². The molecule has 1 saturated carbocycles. The Kier molecular flexibility index (Phi) is 4.31. The molecule has 1 fully saturated rings. The molecule has 1 N–H and O–H groups in total. The molecular weight excluding hydrogens is 246 g/mol. The molecule has 2 rings (SSSR count). The molecule has 0 heterocycles. The third-order valence-electron chi connectivity index (χ3n) is 3.95. The number of hydrogen-bond acceptors (Lipinski definition) is 2. The van der Waals surface area contributed by atoms with Gasteiger partial charge in [0.15, 0.2) is 0 Å². The normalized spacial score (nSPS) is 28.6. The molecule has 0 spiro atoms. The highest BCUT2D eigenvalue weighted by Crippen LogP contribution is 2.42. The molecule has 0 saturated heterocycles. The maximum absolute atomic E-state index is 11.1. The summed E-state index contributed by atoms with van der Waals surface area (Å²) in [6, 6.07) is 7.70. The van der Waals surface area contributed by atoms with Gasteiger partial charge < -0.3 is 10.0 Å². The number of nitrogens with zero attached hydrogens (tertiary/aromatic N) is 1. The Morgan fingerprint density at radius 2 is 2.17 bits per heavy atom. The molecular formula is C15H22ClNO. The van der Waals surface area contributed by atoms with E-state index >= 15 is 0 Å². The van der Waals surface area contributed by atoms with Crippen molar-refractivity contribution in [1.29, 1.82) is 0 Å². The fourth-order valence-corrected chi connectivity index (χ4v) is 3.24. The first kappa shape index (κ1) is 13.9. The van der Waals surface area contributed by atoms with Crippen molar-refractivity contribution in [3.63, 3.8) is 0 Å². The van der Waals surface area contributed by atoms with Crippen molar-refractivity contribution in [3.05, 3.63) is 34.9 Å². The van der Waals surface area contributed by atoms with Gasteiger partial charge in [-0.15, -0.1) is 0 Å². The fourth-order valence-electron chi connectivity index (χ4n) is 3.05. The zero-order valence-electron chi connectivity index (χ0n) is 11.2. The molecule has 0 aromatic heterocycles. The first-order chi connectivity index (χ1) is 8.52. The van der Waals surface area contributed by atoms with E-state index in [0.717, 1.165) is 31.4 Å². The average molecular weight is 268 g/mol. The van der Waals surface area contributed by atoms with E-state index in [1.165, 1.54) is 6.42 Å². The summed E-state index contributed by atoms with van der Waals surface area (Å²) in [6.07, 6.45) is 4.22. The Labute approximate surface area is 115 Å². The lowest BCUT2D eigenvalue weighted by Gasteiger charge is -2.41. The molecule has 18 heavy (non-hydrogen) atoms. The highest BCUT2D eigenvalue weighted by atomic mass is 35.5. The van der Waals surface area contributed by atoms with Crippen molar-refractivity contribution in [2.24, 2.45) is 5.92 Å². The van der Waals surface area contributed by atoms with Crippen molar-refractivity contribution >= 4 is 11.6 Å². The molecule has 1 aliphatic carbocycles. The second-order valence-corrected chi connectivity index (χ2v) is 6.08. The Bertz CT molecular complexity index is 407. The van der Waals surface area contributed by atoms with Crippen LogP contribution in [0.2, 0.25) is 5.02 Å². The molecule has 100 valence electrons. The van der Waals surface area contributed by atoms with Gasteiger partial charge in [0.05, 0.1) is 5.60 Å². The SMILES string of the molecule is CN(C)CC1CCCCC1(O)c1cccc(Cl)c1. The molecule has 0 aliphatic heterocycles. The molecule has 2 atom stereocenters. The summed E-state index contributed by atoms with van der Waals surface area (Å²) in [6.45, 7) is 0.920. The molecule has 1 aromatic rings. The average Bonchev–Trinajstić information content (AvgIpc) is 2.32. The van der Waals surface area contributed by atoms with Gasteiger partial charge in [0.2, 0.25) is 0 Å². The molecule has 1 aliphatic rings. The molecule has 2 unspecified atom stereocenters. The van der Waals surface area contributed by atoms with Gasteiger partial charge in [0, 0.05) is 17.5 Å². The zero-order valence-corrected chi connectivity index (χ0v) is 12.0. The maximum atomic E-state index is 11.1. The van der Waals surface area contributed by atoms with Gasteiger partial charge in [0.25, 0.3) is 0 Å². The molecule has 0 amide bonds. The predicted octanol–water partition coefficient (Wildman–Crippen LogP) is 3.28. The largest absolute Gasteiger partial charge is 0.385 e. The van der Waals surface area contributed by atoms with E-state index in [4.69, 9.17) is 11.6 Å². The van der Waals surface area contributed by atoms with Crippen LogP contribution in [0.25, 0.3) is 0 Å². The summed E-state index contributed by atoms with van der Waals surface area (Å²) in [4.78, 5) is 2.16. The van der Waals surface area contributed by atoms with Crippen LogP contribution in [0, 0.1) is 5.92 Å². The summed E-state index contributed by atoms with van der Waals surface area (Å²) in [5.41, 5.74) is 0.259. The van der Waals surface area contributed by atoms with Gasteiger partial charge >= 0.3 is 0 Å². The Balaban J connectivity index is 2.29. The van der Waals surface area contributed by atoms with Crippen molar-refractivity contribution < 1.29 is 5.11 Å². The van der Waals surface area contributed by atoms with Crippen LogP contribution in [0.15, 0.2) is 24.3 Å². The number of halogens is 1. The summed E-state index contributed by atoms with van der Waals surface area (Å²) < 4.78 is 0. The van der Waals surface area contributed by atoms with Crippen molar-refractivity contribution in [2.45, 2.75) is 31.3 Å². The van der Waals surface area contributed by atoms with E-state index in [-0.39, 0.29) is 0 Å². The molecule has 3 heteroatoms. The summed E-state index contributed by atoms with van der Waals surface area (Å²) in [5, 5.41) is 11.8. The number of hydrogen-bond donors (Lipinski definition) is 1. The van der Waals surface area contributed by atoms with Gasteiger partial charge in [-0.05, 0) is 44.6 Å². The van der Waals surface area contributed by atoms with Crippen LogP contribution in [-0.2, 0) is 5.60 Å². The van der Waals surface area contributed by atoms with E-state index in [1.54, 1.807) is 0 Å². The number of benzene rings is 1. The lowest BCUT2D eigenvalue weighted by Crippen LogP contribution is -2.43. The second-order valence-electron chi connectivity index (χ2n) is 5.64. The first-order valence-electron chi connectivity index (χ1n) is 6.65. The van der Waals surface area contributed by atoms with Crippen LogP contribution < -0.4 is 0 Å². The highest BCUT2D eigenvalue weighted by Gasteiger charge is 2.40. The van der Waals surface area contributed by atoms with Gasteiger partial charge in [0.1, 0.15) is 0 Å². The van der Waals surface area contributed by atoms with E-state index in [0.29, 0.717) is 10.9 Å². The van der Waals surface area contributed by atoms with Crippen molar-refractivity contribution in [2.75, 3.05) is 20.6 Å². The topological polar surface area (TPSA) is 23.5 Å². The number of aliphatic hydroxyl groups is 1. The van der Waals surface area contributed by atoms with Gasteiger partial charge in [-0.3, -0.25) is 0 Å². The predicted molar refractivity (Wildman–Crippen MR) is 75.9 cm³/mol. The van der Waals surface area contributed by atoms with Crippen LogP contribution in [-0.4, -0.2) is 30.6 Å². The Hall–Kier alpha value is -0.570.